The van der Waals surface area contributed by atoms with Crippen LogP contribution in [-0.2, 0) is 21.4 Å². The fourth-order valence-corrected chi connectivity index (χ4v) is 4.51. The maximum Gasteiger partial charge on any atom is 0.227 e. The second-order valence-electron chi connectivity index (χ2n) is 6.44. The number of amides is 1. The lowest BCUT2D eigenvalue weighted by Crippen LogP contribution is -2.42. The molecular formula is C18H25N3O3S. The minimum atomic E-state index is -3.15. The summed E-state index contributed by atoms with van der Waals surface area (Å²) >= 11 is 0. The molecule has 1 saturated heterocycles. The van der Waals surface area contributed by atoms with Crippen LogP contribution in [0.1, 0.15) is 26.7 Å². The molecule has 1 aromatic carbocycles. The number of benzene rings is 1. The summed E-state index contributed by atoms with van der Waals surface area (Å²) in [6.45, 7) is 5.50. The SMILES string of the molecule is CCn1ccc2cc(NC(=O)C3CCN(S(=O)(=O)CC)CC3)ccc21. The van der Waals surface area contributed by atoms with Crippen molar-refractivity contribution in [3.8, 4) is 0 Å². The van der Waals surface area contributed by atoms with E-state index in [2.05, 4.69) is 16.8 Å². The number of rotatable bonds is 5. The Hall–Kier alpha value is -1.86. The average molecular weight is 363 g/mol. The van der Waals surface area contributed by atoms with E-state index in [-0.39, 0.29) is 17.6 Å². The average Bonchev–Trinajstić information content (AvgIpc) is 3.04. The first-order valence-corrected chi connectivity index (χ1v) is 10.4. The molecule has 0 spiro atoms. The Morgan fingerprint density at radius 1 is 1.20 bits per heavy atom. The number of hydrogen-bond acceptors (Lipinski definition) is 3. The molecule has 0 bridgehead atoms. The van der Waals surface area contributed by atoms with E-state index in [9.17, 15) is 13.2 Å². The Morgan fingerprint density at radius 2 is 1.92 bits per heavy atom. The van der Waals surface area contributed by atoms with E-state index in [1.165, 1.54) is 4.31 Å². The maximum atomic E-state index is 12.5. The van der Waals surface area contributed by atoms with Crippen molar-refractivity contribution in [3.05, 3.63) is 30.5 Å². The monoisotopic (exact) mass is 363 g/mol. The largest absolute Gasteiger partial charge is 0.348 e. The number of aryl methyl sites for hydroxylation is 1. The van der Waals surface area contributed by atoms with Gasteiger partial charge in [-0.1, -0.05) is 0 Å². The molecule has 2 aromatic rings. The molecule has 2 heterocycles. The molecule has 3 rings (SSSR count). The summed E-state index contributed by atoms with van der Waals surface area (Å²) in [6.07, 6.45) is 3.18. The van der Waals surface area contributed by atoms with Gasteiger partial charge in [0, 0.05) is 48.3 Å². The molecule has 1 aliphatic rings. The van der Waals surface area contributed by atoms with Crippen LogP contribution in [0.3, 0.4) is 0 Å². The van der Waals surface area contributed by atoms with Gasteiger partial charge in [-0.25, -0.2) is 12.7 Å². The molecule has 0 saturated carbocycles. The Labute approximate surface area is 148 Å². The van der Waals surface area contributed by atoms with Crippen LogP contribution in [0.5, 0.6) is 0 Å². The topological polar surface area (TPSA) is 71.4 Å². The fraction of sp³-hybridized carbons (Fsp3) is 0.500. The maximum absolute atomic E-state index is 12.5. The summed E-state index contributed by atoms with van der Waals surface area (Å²) in [4.78, 5) is 12.5. The third-order valence-electron chi connectivity index (χ3n) is 4.96. The van der Waals surface area contributed by atoms with Crippen molar-refractivity contribution in [2.75, 3.05) is 24.2 Å². The van der Waals surface area contributed by atoms with Gasteiger partial charge in [0.25, 0.3) is 0 Å². The highest BCUT2D eigenvalue weighted by Crippen LogP contribution is 2.24. The normalized spacial score (nSPS) is 17.0. The van der Waals surface area contributed by atoms with Crippen LogP contribution in [-0.4, -0.2) is 42.0 Å². The standard InChI is InChI=1S/C18H25N3O3S/c1-3-20-10-7-15-13-16(5-6-17(15)20)19-18(22)14-8-11-21(12-9-14)25(23,24)4-2/h5-7,10,13-14H,3-4,8-9,11-12H2,1-2H3,(H,19,22). The minimum Gasteiger partial charge on any atom is -0.348 e. The molecule has 7 heteroatoms. The first-order chi connectivity index (χ1) is 11.9. The Bertz CT molecular complexity index is 865. The van der Waals surface area contributed by atoms with E-state index in [4.69, 9.17) is 0 Å². The van der Waals surface area contributed by atoms with Gasteiger partial charge in [-0.05, 0) is 51.0 Å². The van der Waals surface area contributed by atoms with Crippen molar-refractivity contribution < 1.29 is 13.2 Å². The number of piperidine rings is 1. The smallest absolute Gasteiger partial charge is 0.227 e. The Morgan fingerprint density at radius 3 is 2.56 bits per heavy atom. The van der Waals surface area contributed by atoms with Gasteiger partial charge in [0.05, 0.1) is 5.75 Å². The number of carbonyl (C=O) groups is 1. The highest BCUT2D eigenvalue weighted by atomic mass is 32.2. The van der Waals surface area contributed by atoms with E-state index in [1.807, 2.05) is 30.5 Å². The summed E-state index contributed by atoms with van der Waals surface area (Å²) in [5.41, 5.74) is 1.94. The molecular weight excluding hydrogens is 338 g/mol. The number of carbonyl (C=O) groups excluding carboxylic acids is 1. The summed E-state index contributed by atoms with van der Waals surface area (Å²) in [7, 11) is -3.15. The van der Waals surface area contributed by atoms with E-state index < -0.39 is 10.0 Å². The van der Waals surface area contributed by atoms with Gasteiger partial charge in [-0.15, -0.1) is 0 Å². The Balaban J connectivity index is 1.63. The first-order valence-electron chi connectivity index (χ1n) is 8.82. The van der Waals surface area contributed by atoms with E-state index >= 15 is 0 Å². The van der Waals surface area contributed by atoms with Gasteiger partial charge in [-0.3, -0.25) is 4.79 Å². The lowest BCUT2D eigenvalue weighted by Gasteiger charge is -2.30. The second-order valence-corrected chi connectivity index (χ2v) is 8.70. The molecule has 25 heavy (non-hydrogen) atoms. The lowest BCUT2D eigenvalue weighted by atomic mass is 9.97. The quantitative estimate of drug-likeness (QED) is 0.888. The van der Waals surface area contributed by atoms with Crippen LogP contribution in [0.2, 0.25) is 0 Å². The number of nitrogens with zero attached hydrogens (tertiary/aromatic N) is 2. The molecule has 0 aliphatic carbocycles. The zero-order chi connectivity index (χ0) is 18.0. The number of hydrogen-bond donors (Lipinski definition) is 1. The van der Waals surface area contributed by atoms with Crippen molar-refractivity contribution in [2.45, 2.75) is 33.2 Å². The molecule has 1 amide bonds. The van der Waals surface area contributed by atoms with Crippen molar-refractivity contribution in [1.82, 2.24) is 8.87 Å². The molecule has 1 N–H and O–H groups in total. The van der Waals surface area contributed by atoms with Gasteiger partial charge in [-0.2, -0.15) is 0 Å². The third-order valence-corrected chi connectivity index (χ3v) is 6.84. The van der Waals surface area contributed by atoms with Crippen molar-refractivity contribution in [1.29, 1.82) is 0 Å². The zero-order valence-electron chi connectivity index (χ0n) is 14.7. The predicted molar refractivity (Wildman–Crippen MR) is 100.0 cm³/mol. The van der Waals surface area contributed by atoms with E-state index in [0.29, 0.717) is 25.9 Å². The van der Waals surface area contributed by atoms with Crippen LogP contribution < -0.4 is 5.32 Å². The van der Waals surface area contributed by atoms with Crippen LogP contribution in [0.15, 0.2) is 30.5 Å². The van der Waals surface area contributed by atoms with Gasteiger partial charge < -0.3 is 9.88 Å². The summed E-state index contributed by atoms with van der Waals surface area (Å²) < 4.78 is 27.4. The van der Waals surface area contributed by atoms with Crippen LogP contribution in [0, 0.1) is 5.92 Å². The molecule has 1 fully saturated rings. The van der Waals surface area contributed by atoms with Crippen molar-refractivity contribution in [2.24, 2.45) is 5.92 Å². The third kappa shape index (κ3) is 3.72. The van der Waals surface area contributed by atoms with Crippen LogP contribution >= 0.6 is 0 Å². The second kappa shape index (κ2) is 7.17. The van der Waals surface area contributed by atoms with Gasteiger partial charge in [0.1, 0.15) is 0 Å². The zero-order valence-corrected chi connectivity index (χ0v) is 15.6. The van der Waals surface area contributed by atoms with Gasteiger partial charge in [0.15, 0.2) is 0 Å². The molecule has 6 nitrogen and oxygen atoms in total. The lowest BCUT2D eigenvalue weighted by molar-refractivity contribution is -0.120. The molecule has 0 unspecified atom stereocenters. The summed E-state index contributed by atoms with van der Waals surface area (Å²) in [5, 5.41) is 4.08. The highest BCUT2D eigenvalue weighted by molar-refractivity contribution is 7.89. The number of anilines is 1. The number of nitrogens with one attached hydrogen (secondary N) is 1. The number of aromatic nitrogens is 1. The molecule has 1 aliphatic heterocycles. The predicted octanol–water partition coefficient (Wildman–Crippen LogP) is 2.66. The number of sulfonamides is 1. The van der Waals surface area contributed by atoms with Gasteiger partial charge >= 0.3 is 0 Å². The van der Waals surface area contributed by atoms with E-state index in [1.54, 1.807) is 6.92 Å². The summed E-state index contributed by atoms with van der Waals surface area (Å²) in [6, 6.07) is 7.96. The molecule has 0 atom stereocenters. The molecule has 1 aromatic heterocycles. The van der Waals surface area contributed by atoms with Crippen molar-refractivity contribution >= 4 is 32.5 Å². The molecule has 136 valence electrons. The molecule has 0 radical (unpaired) electrons. The van der Waals surface area contributed by atoms with Gasteiger partial charge in [0.2, 0.25) is 15.9 Å². The van der Waals surface area contributed by atoms with Crippen LogP contribution in [0.25, 0.3) is 10.9 Å². The summed E-state index contributed by atoms with van der Waals surface area (Å²) in [5.74, 6) is -0.0524. The first kappa shape index (κ1) is 17.9. The fourth-order valence-electron chi connectivity index (χ4n) is 3.38. The highest BCUT2D eigenvalue weighted by Gasteiger charge is 2.30. The minimum absolute atomic E-state index is 0.0252. The van der Waals surface area contributed by atoms with Crippen molar-refractivity contribution in [3.63, 3.8) is 0 Å². The number of fused-ring (bicyclic) bond motifs is 1. The van der Waals surface area contributed by atoms with E-state index in [0.717, 1.165) is 23.1 Å². The Kier molecular flexibility index (Phi) is 5.15. The van der Waals surface area contributed by atoms with Crippen LogP contribution in [0.4, 0.5) is 5.69 Å².